The second kappa shape index (κ2) is 5.05. The SMILES string of the molecule is CC(=O)Nc1ccc(NCC2CCO2)c(N)c1. The van der Waals surface area contributed by atoms with Gasteiger partial charge in [-0.25, -0.2) is 0 Å². The van der Waals surface area contributed by atoms with Gasteiger partial charge < -0.3 is 21.1 Å². The van der Waals surface area contributed by atoms with Crippen LogP contribution in [0.2, 0.25) is 0 Å². The summed E-state index contributed by atoms with van der Waals surface area (Å²) in [6.45, 7) is 3.09. The number of carbonyl (C=O) groups is 1. The first-order valence-corrected chi connectivity index (χ1v) is 5.68. The van der Waals surface area contributed by atoms with Crippen LogP contribution in [0.4, 0.5) is 17.1 Å². The molecule has 5 nitrogen and oxygen atoms in total. The van der Waals surface area contributed by atoms with E-state index in [1.807, 2.05) is 12.1 Å². The molecule has 1 saturated heterocycles. The van der Waals surface area contributed by atoms with Crippen molar-refractivity contribution in [2.75, 3.05) is 29.5 Å². The second-order valence-corrected chi connectivity index (χ2v) is 4.15. The fraction of sp³-hybridized carbons (Fsp3) is 0.417. The van der Waals surface area contributed by atoms with Gasteiger partial charge in [-0.05, 0) is 24.6 Å². The van der Waals surface area contributed by atoms with E-state index < -0.39 is 0 Å². The minimum Gasteiger partial charge on any atom is -0.397 e. The molecular formula is C12H17N3O2. The summed E-state index contributed by atoms with van der Waals surface area (Å²) in [6.07, 6.45) is 1.39. The van der Waals surface area contributed by atoms with Crippen LogP contribution in [0.1, 0.15) is 13.3 Å². The van der Waals surface area contributed by atoms with Crippen LogP contribution in [0.5, 0.6) is 0 Å². The summed E-state index contributed by atoms with van der Waals surface area (Å²) < 4.78 is 5.31. The van der Waals surface area contributed by atoms with E-state index in [0.717, 1.165) is 25.3 Å². The number of hydrogen-bond acceptors (Lipinski definition) is 4. The van der Waals surface area contributed by atoms with E-state index in [4.69, 9.17) is 10.5 Å². The number of anilines is 3. The predicted molar refractivity (Wildman–Crippen MR) is 68.0 cm³/mol. The highest BCUT2D eigenvalue weighted by Crippen LogP contribution is 2.23. The Morgan fingerprint density at radius 2 is 2.35 bits per heavy atom. The van der Waals surface area contributed by atoms with Crippen LogP contribution in [0, 0.1) is 0 Å². The summed E-state index contributed by atoms with van der Waals surface area (Å²) in [5.41, 5.74) is 8.09. The number of ether oxygens (including phenoxy) is 1. The summed E-state index contributed by atoms with van der Waals surface area (Å²) >= 11 is 0. The van der Waals surface area contributed by atoms with Gasteiger partial charge in [0.05, 0.1) is 17.5 Å². The van der Waals surface area contributed by atoms with Crippen LogP contribution < -0.4 is 16.4 Å². The highest BCUT2D eigenvalue weighted by molar-refractivity contribution is 5.90. The molecule has 5 heteroatoms. The smallest absolute Gasteiger partial charge is 0.221 e. The molecule has 1 amide bonds. The molecule has 1 aliphatic rings. The first-order valence-electron chi connectivity index (χ1n) is 5.68. The highest BCUT2D eigenvalue weighted by atomic mass is 16.5. The summed E-state index contributed by atoms with van der Waals surface area (Å²) in [5.74, 6) is -0.104. The van der Waals surface area contributed by atoms with Crippen LogP contribution in [0.15, 0.2) is 18.2 Å². The number of nitrogen functional groups attached to an aromatic ring is 1. The topological polar surface area (TPSA) is 76.4 Å². The lowest BCUT2D eigenvalue weighted by molar-refractivity contribution is -0.114. The Kier molecular flexibility index (Phi) is 3.49. The van der Waals surface area contributed by atoms with Crippen molar-refractivity contribution >= 4 is 23.0 Å². The molecule has 0 saturated carbocycles. The molecule has 4 N–H and O–H groups in total. The maximum Gasteiger partial charge on any atom is 0.221 e. The molecule has 0 bridgehead atoms. The van der Waals surface area contributed by atoms with Gasteiger partial charge in [-0.2, -0.15) is 0 Å². The first kappa shape index (κ1) is 11.7. The molecule has 1 unspecified atom stereocenters. The molecule has 1 aliphatic heterocycles. The number of amides is 1. The Morgan fingerprint density at radius 1 is 1.59 bits per heavy atom. The van der Waals surface area contributed by atoms with Crippen molar-refractivity contribution in [1.82, 2.24) is 0 Å². The molecular weight excluding hydrogens is 218 g/mol. The molecule has 92 valence electrons. The van der Waals surface area contributed by atoms with Gasteiger partial charge in [-0.1, -0.05) is 0 Å². The van der Waals surface area contributed by atoms with Crippen molar-refractivity contribution < 1.29 is 9.53 Å². The standard InChI is InChI=1S/C12H17N3O2/c1-8(16)15-9-2-3-12(11(13)6-9)14-7-10-4-5-17-10/h2-3,6,10,14H,4-5,7,13H2,1H3,(H,15,16). The Labute approximate surface area is 100 Å². The van der Waals surface area contributed by atoms with E-state index in [-0.39, 0.29) is 5.91 Å². The Morgan fingerprint density at radius 3 is 2.88 bits per heavy atom. The number of carbonyl (C=O) groups excluding carboxylic acids is 1. The van der Waals surface area contributed by atoms with Gasteiger partial charge in [0.25, 0.3) is 0 Å². The van der Waals surface area contributed by atoms with E-state index in [2.05, 4.69) is 10.6 Å². The summed E-state index contributed by atoms with van der Waals surface area (Å²) in [6, 6.07) is 5.42. The molecule has 0 radical (unpaired) electrons. The minimum atomic E-state index is -0.104. The van der Waals surface area contributed by atoms with Crippen molar-refractivity contribution in [3.8, 4) is 0 Å². The molecule has 17 heavy (non-hydrogen) atoms. The second-order valence-electron chi connectivity index (χ2n) is 4.15. The van der Waals surface area contributed by atoms with Crippen LogP contribution in [-0.4, -0.2) is 25.2 Å². The molecule has 0 spiro atoms. The Hall–Kier alpha value is -1.75. The van der Waals surface area contributed by atoms with Crippen LogP contribution in [0.25, 0.3) is 0 Å². The molecule has 1 heterocycles. The lowest BCUT2D eigenvalue weighted by Gasteiger charge is -2.27. The molecule has 0 aromatic heterocycles. The molecule has 0 aliphatic carbocycles. The molecule has 1 aromatic rings. The highest BCUT2D eigenvalue weighted by Gasteiger charge is 2.17. The fourth-order valence-electron chi connectivity index (χ4n) is 1.67. The van der Waals surface area contributed by atoms with E-state index >= 15 is 0 Å². The van der Waals surface area contributed by atoms with Crippen molar-refractivity contribution in [3.63, 3.8) is 0 Å². The maximum atomic E-state index is 10.9. The third-order valence-electron chi connectivity index (χ3n) is 2.69. The monoisotopic (exact) mass is 235 g/mol. The van der Waals surface area contributed by atoms with Gasteiger partial charge in [0, 0.05) is 25.8 Å². The zero-order valence-electron chi connectivity index (χ0n) is 9.82. The lowest BCUT2D eigenvalue weighted by atomic mass is 10.2. The van der Waals surface area contributed by atoms with Crippen LogP contribution >= 0.6 is 0 Å². The largest absolute Gasteiger partial charge is 0.397 e. The zero-order valence-corrected chi connectivity index (χ0v) is 9.82. The van der Waals surface area contributed by atoms with Gasteiger partial charge in [-0.15, -0.1) is 0 Å². The predicted octanol–water partition coefficient (Wildman–Crippen LogP) is 1.43. The number of rotatable bonds is 4. The van der Waals surface area contributed by atoms with Crippen LogP contribution in [0.3, 0.4) is 0 Å². The lowest BCUT2D eigenvalue weighted by Crippen LogP contribution is -2.33. The van der Waals surface area contributed by atoms with Gasteiger partial charge in [-0.3, -0.25) is 4.79 Å². The summed E-state index contributed by atoms with van der Waals surface area (Å²) in [7, 11) is 0. The van der Waals surface area contributed by atoms with Gasteiger partial charge in [0.15, 0.2) is 0 Å². The number of hydrogen-bond donors (Lipinski definition) is 3. The van der Waals surface area contributed by atoms with Crippen LogP contribution in [-0.2, 0) is 9.53 Å². The fourth-order valence-corrected chi connectivity index (χ4v) is 1.67. The van der Waals surface area contributed by atoms with Gasteiger partial charge >= 0.3 is 0 Å². The molecule has 1 aromatic carbocycles. The van der Waals surface area contributed by atoms with Crippen molar-refractivity contribution in [1.29, 1.82) is 0 Å². The van der Waals surface area contributed by atoms with E-state index in [0.29, 0.717) is 17.5 Å². The molecule has 1 atom stereocenters. The van der Waals surface area contributed by atoms with Gasteiger partial charge in [0.2, 0.25) is 5.91 Å². The zero-order chi connectivity index (χ0) is 12.3. The minimum absolute atomic E-state index is 0.104. The number of benzene rings is 1. The average molecular weight is 235 g/mol. The molecule has 1 fully saturated rings. The van der Waals surface area contributed by atoms with E-state index in [1.165, 1.54) is 6.92 Å². The number of nitrogens with one attached hydrogen (secondary N) is 2. The number of nitrogens with two attached hydrogens (primary N) is 1. The third-order valence-corrected chi connectivity index (χ3v) is 2.69. The van der Waals surface area contributed by atoms with E-state index in [9.17, 15) is 4.79 Å². The quantitative estimate of drug-likeness (QED) is 0.690. The summed E-state index contributed by atoms with van der Waals surface area (Å²) in [5, 5.41) is 5.92. The normalized spacial score (nSPS) is 18.3. The third kappa shape index (κ3) is 3.10. The van der Waals surface area contributed by atoms with E-state index in [1.54, 1.807) is 6.07 Å². The first-order chi connectivity index (χ1) is 8.15. The van der Waals surface area contributed by atoms with Crippen molar-refractivity contribution in [3.05, 3.63) is 18.2 Å². The Balaban J connectivity index is 1.95. The van der Waals surface area contributed by atoms with Gasteiger partial charge in [0.1, 0.15) is 0 Å². The summed E-state index contributed by atoms with van der Waals surface area (Å²) in [4.78, 5) is 10.9. The maximum absolute atomic E-state index is 10.9. The van der Waals surface area contributed by atoms with Crippen molar-refractivity contribution in [2.24, 2.45) is 0 Å². The van der Waals surface area contributed by atoms with Crippen molar-refractivity contribution in [2.45, 2.75) is 19.4 Å². The average Bonchev–Trinajstić information content (AvgIpc) is 2.17. The molecule has 2 rings (SSSR count). The Bertz CT molecular complexity index is 416.